The summed E-state index contributed by atoms with van der Waals surface area (Å²) < 4.78 is 41.1. The molecule has 7 nitrogen and oxygen atoms in total. The zero-order chi connectivity index (χ0) is 24.5. The first kappa shape index (κ1) is 23.2. The van der Waals surface area contributed by atoms with Gasteiger partial charge >= 0.3 is 6.01 Å². The Hall–Kier alpha value is -3.59. The lowest BCUT2D eigenvalue weighted by Gasteiger charge is -2.19. The van der Waals surface area contributed by atoms with Gasteiger partial charge in [0.15, 0.2) is 11.6 Å². The SMILES string of the molecule is C/C=C/C1=CC(Nc2cc(N3CCC(OC)C3)nc(Oc3cc(F)c4c(c3F)C=C(C)C4)n2)=NC1. The van der Waals surface area contributed by atoms with Crippen LogP contribution < -0.4 is 15.0 Å². The minimum Gasteiger partial charge on any atom is -0.421 e. The predicted molar refractivity (Wildman–Crippen MR) is 132 cm³/mol. The molecule has 0 radical (unpaired) electrons. The van der Waals surface area contributed by atoms with Crippen LogP contribution in [-0.4, -0.2) is 48.7 Å². The van der Waals surface area contributed by atoms with Crippen molar-refractivity contribution in [3.05, 3.63) is 64.3 Å². The molecule has 1 N–H and O–H groups in total. The van der Waals surface area contributed by atoms with Crippen LogP contribution in [0.2, 0.25) is 0 Å². The molecule has 1 fully saturated rings. The monoisotopic (exact) mass is 479 g/mol. The van der Waals surface area contributed by atoms with E-state index in [-0.39, 0.29) is 23.4 Å². The largest absolute Gasteiger partial charge is 0.421 e. The standard InChI is InChI=1S/C26H27F2N5O2/c1-4-5-16-10-22(29-13-16)30-23-12-24(33-7-6-17(14-33)34-3)32-26(31-23)35-21-11-20(27)18-8-15(2)9-19(18)25(21)28/h4-5,9-12,17H,6-8,13-14H2,1-3H3,(H,29,30,31,32)/b5-4+. The topological polar surface area (TPSA) is 71.9 Å². The van der Waals surface area contributed by atoms with E-state index in [1.54, 1.807) is 19.3 Å². The first-order valence-corrected chi connectivity index (χ1v) is 11.6. The number of fused-ring (bicyclic) bond motifs is 1. The van der Waals surface area contributed by atoms with Crippen molar-refractivity contribution in [2.45, 2.75) is 32.8 Å². The fraction of sp³-hybridized carbons (Fsp3) is 0.346. The summed E-state index contributed by atoms with van der Waals surface area (Å²) in [4.78, 5) is 15.5. The smallest absolute Gasteiger partial charge is 0.326 e. The van der Waals surface area contributed by atoms with Gasteiger partial charge in [-0.2, -0.15) is 9.97 Å². The molecular weight excluding hydrogens is 452 g/mol. The number of nitrogens with zero attached hydrogens (tertiary/aromatic N) is 4. The third-order valence-corrected chi connectivity index (χ3v) is 6.26. The van der Waals surface area contributed by atoms with Crippen molar-refractivity contribution >= 4 is 23.5 Å². The lowest BCUT2D eigenvalue weighted by molar-refractivity contribution is 0.121. The van der Waals surface area contributed by atoms with Gasteiger partial charge in [-0.1, -0.05) is 23.8 Å². The third-order valence-electron chi connectivity index (χ3n) is 6.26. The molecule has 0 saturated carbocycles. The number of anilines is 2. The number of aromatic nitrogens is 2. The predicted octanol–water partition coefficient (Wildman–Crippen LogP) is 5.06. The summed E-state index contributed by atoms with van der Waals surface area (Å²) >= 11 is 0. The van der Waals surface area contributed by atoms with Crippen molar-refractivity contribution in [3.8, 4) is 11.8 Å². The van der Waals surface area contributed by atoms with Gasteiger partial charge in [0, 0.05) is 43.5 Å². The first-order chi connectivity index (χ1) is 16.9. The van der Waals surface area contributed by atoms with Crippen molar-refractivity contribution in [1.29, 1.82) is 0 Å². The molecule has 1 aromatic carbocycles. The number of nitrogens with one attached hydrogen (secondary N) is 1. The van der Waals surface area contributed by atoms with Crippen molar-refractivity contribution < 1.29 is 18.3 Å². The molecule has 182 valence electrons. The van der Waals surface area contributed by atoms with Crippen molar-refractivity contribution in [2.75, 3.05) is 37.0 Å². The molecule has 9 heteroatoms. The number of allylic oxidation sites excluding steroid dienone is 2. The molecule has 1 aromatic heterocycles. The van der Waals surface area contributed by atoms with Crippen molar-refractivity contribution in [1.82, 2.24) is 9.97 Å². The van der Waals surface area contributed by atoms with Crippen LogP contribution >= 0.6 is 0 Å². The number of benzene rings is 1. The molecule has 1 aliphatic carbocycles. The van der Waals surface area contributed by atoms with Crippen LogP contribution in [0.3, 0.4) is 0 Å². The van der Waals surface area contributed by atoms with Gasteiger partial charge in [0.05, 0.1) is 12.6 Å². The van der Waals surface area contributed by atoms with Crippen LogP contribution in [0.1, 0.15) is 31.4 Å². The first-order valence-electron chi connectivity index (χ1n) is 11.6. The summed E-state index contributed by atoms with van der Waals surface area (Å²) in [6.07, 6.45) is 8.87. The number of aliphatic imine (C=N–C) groups is 1. The highest BCUT2D eigenvalue weighted by atomic mass is 19.1. The van der Waals surface area contributed by atoms with E-state index in [9.17, 15) is 4.39 Å². The number of halogens is 2. The summed E-state index contributed by atoms with van der Waals surface area (Å²) in [6, 6.07) is 2.77. The number of hydrogen-bond donors (Lipinski definition) is 1. The van der Waals surface area contributed by atoms with E-state index in [2.05, 4.69) is 25.2 Å². The number of rotatable bonds is 6. The van der Waals surface area contributed by atoms with Gasteiger partial charge in [-0.05, 0) is 38.3 Å². The average molecular weight is 480 g/mol. The lowest BCUT2D eigenvalue weighted by Crippen LogP contribution is -2.23. The van der Waals surface area contributed by atoms with Gasteiger partial charge in [0.25, 0.3) is 0 Å². The molecule has 1 atom stereocenters. The highest BCUT2D eigenvalue weighted by Crippen LogP contribution is 2.36. The molecule has 0 bridgehead atoms. The number of methoxy groups -OCH3 is 1. The third kappa shape index (κ3) is 4.81. The van der Waals surface area contributed by atoms with Gasteiger partial charge in [0.2, 0.25) is 0 Å². The number of ether oxygens (including phenoxy) is 2. The Morgan fingerprint density at radius 2 is 2.06 bits per heavy atom. The molecular formula is C26H27F2N5O2. The van der Waals surface area contributed by atoms with Crippen LogP contribution in [0.15, 0.2) is 46.5 Å². The highest BCUT2D eigenvalue weighted by Gasteiger charge is 2.26. The second-order valence-electron chi connectivity index (χ2n) is 8.86. The van der Waals surface area contributed by atoms with Crippen molar-refractivity contribution in [3.63, 3.8) is 0 Å². The molecule has 0 amide bonds. The molecule has 2 aliphatic heterocycles. The summed E-state index contributed by atoms with van der Waals surface area (Å²) in [7, 11) is 1.68. The van der Waals surface area contributed by atoms with E-state index < -0.39 is 11.6 Å². The summed E-state index contributed by atoms with van der Waals surface area (Å²) in [5.41, 5.74) is 2.53. The van der Waals surface area contributed by atoms with Crippen LogP contribution in [0, 0.1) is 11.6 Å². The Kier molecular flexibility index (Phi) is 6.34. The second kappa shape index (κ2) is 9.58. The molecule has 0 spiro atoms. The Bertz CT molecular complexity index is 1280. The maximum absolute atomic E-state index is 15.2. The maximum atomic E-state index is 15.2. The van der Waals surface area contributed by atoms with E-state index in [1.165, 1.54) is 0 Å². The molecule has 3 aliphatic rings. The quantitative estimate of drug-likeness (QED) is 0.625. The van der Waals surface area contributed by atoms with E-state index in [0.717, 1.165) is 30.2 Å². The molecule has 1 saturated heterocycles. The summed E-state index contributed by atoms with van der Waals surface area (Å²) in [6.45, 7) is 5.77. The lowest BCUT2D eigenvalue weighted by atomic mass is 10.1. The van der Waals surface area contributed by atoms with Gasteiger partial charge < -0.3 is 19.7 Å². The molecule has 1 unspecified atom stereocenters. The average Bonchev–Trinajstić information content (AvgIpc) is 3.57. The highest BCUT2D eigenvalue weighted by molar-refractivity contribution is 6.05. The minimum absolute atomic E-state index is 0.0842. The Morgan fingerprint density at radius 1 is 1.20 bits per heavy atom. The zero-order valence-electron chi connectivity index (χ0n) is 19.9. The van der Waals surface area contributed by atoms with E-state index in [0.29, 0.717) is 42.5 Å². The minimum atomic E-state index is -0.624. The van der Waals surface area contributed by atoms with Gasteiger partial charge in [-0.25, -0.2) is 8.78 Å². The normalized spacial score (nSPS) is 19.2. The van der Waals surface area contributed by atoms with Gasteiger partial charge in [-0.3, -0.25) is 4.99 Å². The zero-order valence-corrected chi connectivity index (χ0v) is 19.9. The fourth-order valence-electron chi connectivity index (χ4n) is 4.52. The van der Waals surface area contributed by atoms with E-state index in [1.807, 2.05) is 32.1 Å². The van der Waals surface area contributed by atoms with E-state index in [4.69, 9.17) is 9.47 Å². The molecule has 35 heavy (non-hydrogen) atoms. The molecule has 2 aromatic rings. The Labute approximate surface area is 202 Å². The van der Waals surface area contributed by atoms with Crippen LogP contribution in [0.25, 0.3) is 6.08 Å². The maximum Gasteiger partial charge on any atom is 0.326 e. The Balaban J connectivity index is 1.47. The molecule has 3 heterocycles. The number of amidine groups is 1. The van der Waals surface area contributed by atoms with E-state index >= 15 is 4.39 Å². The van der Waals surface area contributed by atoms with Crippen LogP contribution in [-0.2, 0) is 11.2 Å². The van der Waals surface area contributed by atoms with Crippen molar-refractivity contribution in [2.24, 2.45) is 4.99 Å². The Morgan fingerprint density at radius 3 is 2.83 bits per heavy atom. The van der Waals surface area contributed by atoms with Gasteiger partial charge in [-0.15, -0.1) is 0 Å². The summed E-state index contributed by atoms with van der Waals surface area (Å²) in [5, 5.41) is 3.19. The van der Waals surface area contributed by atoms with Gasteiger partial charge in [0.1, 0.15) is 23.3 Å². The second-order valence-corrected chi connectivity index (χ2v) is 8.86. The van der Waals surface area contributed by atoms with Crippen LogP contribution in [0.4, 0.5) is 20.4 Å². The summed E-state index contributed by atoms with van der Waals surface area (Å²) in [5.74, 6) is 0.316. The fourth-order valence-corrected chi connectivity index (χ4v) is 4.52. The number of hydrogen-bond acceptors (Lipinski definition) is 7. The van der Waals surface area contributed by atoms with Crippen LogP contribution in [0.5, 0.6) is 11.8 Å². The molecule has 5 rings (SSSR count).